The fraction of sp³-hybridized carbons (Fsp3) is 0.333. The summed E-state index contributed by atoms with van der Waals surface area (Å²) >= 11 is 0. The fourth-order valence-electron chi connectivity index (χ4n) is 2.56. The number of aromatic nitrogens is 1. The molecule has 0 aliphatic carbocycles. The maximum Gasteiger partial charge on any atom is 0.310 e. The van der Waals surface area contributed by atoms with Crippen LogP contribution in [0.5, 0.6) is 0 Å². The van der Waals surface area contributed by atoms with E-state index in [1.165, 1.54) is 7.11 Å². The lowest BCUT2D eigenvalue weighted by Gasteiger charge is -2.17. The first-order valence-corrected chi connectivity index (χ1v) is 6.46. The molecule has 1 unspecified atom stereocenters. The second-order valence-electron chi connectivity index (χ2n) is 4.82. The molecule has 0 bridgehead atoms. The fourth-order valence-corrected chi connectivity index (χ4v) is 2.56. The summed E-state index contributed by atoms with van der Waals surface area (Å²) in [5.41, 5.74) is 0.988. The lowest BCUT2D eigenvalue weighted by atomic mass is 10.1. The molecule has 1 atom stereocenters. The molecule has 0 radical (unpaired) electrons. The van der Waals surface area contributed by atoms with Crippen LogP contribution in [-0.4, -0.2) is 31.2 Å². The van der Waals surface area contributed by atoms with Gasteiger partial charge in [-0.05, 0) is 24.6 Å². The first kappa shape index (κ1) is 12.0. The number of carbonyl (C=O) groups is 1. The van der Waals surface area contributed by atoms with Gasteiger partial charge < -0.3 is 9.64 Å². The Hall–Kier alpha value is -2.10. The lowest BCUT2D eigenvalue weighted by molar-refractivity contribution is -0.144. The second kappa shape index (κ2) is 4.88. The predicted octanol–water partition coefficient (Wildman–Crippen LogP) is 2.23. The molecule has 0 N–H and O–H groups in total. The van der Waals surface area contributed by atoms with Gasteiger partial charge in [0.25, 0.3) is 0 Å². The van der Waals surface area contributed by atoms with E-state index in [4.69, 9.17) is 4.74 Å². The van der Waals surface area contributed by atoms with Crippen molar-refractivity contribution in [1.29, 1.82) is 0 Å². The third kappa shape index (κ3) is 2.26. The molecule has 1 saturated heterocycles. The van der Waals surface area contributed by atoms with Gasteiger partial charge in [0.05, 0.1) is 18.5 Å². The Bertz CT molecular complexity index is 612. The summed E-state index contributed by atoms with van der Waals surface area (Å²) in [6.07, 6.45) is 0.835. The zero-order valence-corrected chi connectivity index (χ0v) is 10.9. The van der Waals surface area contributed by atoms with Gasteiger partial charge in [0.1, 0.15) is 5.82 Å². The lowest BCUT2D eigenvalue weighted by Crippen LogP contribution is -2.24. The zero-order valence-electron chi connectivity index (χ0n) is 10.9. The van der Waals surface area contributed by atoms with Crippen LogP contribution in [-0.2, 0) is 9.53 Å². The smallest absolute Gasteiger partial charge is 0.310 e. The number of rotatable bonds is 2. The minimum absolute atomic E-state index is 0.0294. The van der Waals surface area contributed by atoms with Gasteiger partial charge in [-0.3, -0.25) is 4.79 Å². The Labute approximate surface area is 112 Å². The number of hydrogen-bond acceptors (Lipinski definition) is 4. The monoisotopic (exact) mass is 256 g/mol. The van der Waals surface area contributed by atoms with E-state index < -0.39 is 0 Å². The van der Waals surface area contributed by atoms with Crippen LogP contribution in [0.25, 0.3) is 10.9 Å². The van der Waals surface area contributed by atoms with E-state index >= 15 is 0 Å². The maximum atomic E-state index is 11.5. The molecule has 1 aliphatic rings. The van der Waals surface area contributed by atoms with Crippen LogP contribution in [0.2, 0.25) is 0 Å². The normalized spacial score (nSPS) is 18.8. The molecule has 98 valence electrons. The van der Waals surface area contributed by atoms with Crippen molar-refractivity contribution in [2.75, 3.05) is 25.1 Å². The molecular formula is C15H16N2O2. The Morgan fingerprint density at radius 2 is 2.16 bits per heavy atom. The van der Waals surface area contributed by atoms with Crippen LogP contribution in [0, 0.1) is 5.92 Å². The number of fused-ring (bicyclic) bond motifs is 1. The van der Waals surface area contributed by atoms with Crippen molar-refractivity contribution < 1.29 is 9.53 Å². The van der Waals surface area contributed by atoms with Crippen molar-refractivity contribution in [2.24, 2.45) is 5.92 Å². The molecule has 1 aromatic heterocycles. The maximum absolute atomic E-state index is 11.5. The summed E-state index contributed by atoms with van der Waals surface area (Å²) in [5, 5.41) is 1.13. The van der Waals surface area contributed by atoms with Crippen LogP contribution < -0.4 is 4.90 Å². The van der Waals surface area contributed by atoms with Crippen molar-refractivity contribution in [2.45, 2.75) is 6.42 Å². The Kier molecular flexibility index (Phi) is 3.07. The predicted molar refractivity (Wildman–Crippen MR) is 74.1 cm³/mol. The molecule has 0 amide bonds. The number of carbonyl (C=O) groups excluding carboxylic acids is 1. The summed E-state index contributed by atoms with van der Waals surface area (Å²) in [6, 6.07) is 12.1. The topological polar surface area (TPSA) is 42.4 Å². The van der Waals surface area contributed by atoms with Crippen LogP contribution in [0.3, 0.4) is 0 Å². The second-order valence-corrected chi connectivity index (χ2v) is 4.82. The summed E-state index contributed by atoms with van der Waals surface area (Å²) in [7, 11) is 1.44. The van der Waals surface area contributed by atoms with Crippen molar-refractivity contribution >= 4 is 22.7 Å². The van der Waals surface area contributed by atoms with E-state index in [9.17, 15) is 4.79 Å². The highest BCUT2D eigenvalue weighted by atomic mass is 16.5. The third-order valence-electron chi connectivity index (χ3n) is 3.63. The first-order chi connectivity index (χ1) is 9.28. The van der Waals surface area contributed by atoms with E-state index in [0.717, 1.165) is 29.7 Å². The highest BCUT2D eigenvalue weighted by molar-refractivity contribution is 5.80. The molecule has 3 rings (SSSR count). The summed E-state index contributed by atoms with van der Waals surface area (Å²) in [6.45, 7) is 1.54. The van der Waals surface area contributed by atoms with E-state index in [0.29, 0.717) is 6.54 Å². The van der Waals surface area contributed by atoms with Gasteiger partial charge in [-0.2, -0.15) is 0 Å². The standard InChI is InChI=1S/C15H16N2O2/c1-19-15(18)12-8-9-17(10-12)14-7-6-11-4-2-3-5-13(11)16-14/h2-7,12H,8-10H2,1H3. The molecule has 0 saturated carbocycles. The van der Waals surface area contributed by atoms with Gasteiger partial charge in [-0.15, -0.1) is 0 Å². The number of benzene rings is 1. The van der Waals surface area contributed by atoms with Gasteiger partial charge >= 0.3 is 5.97 Å². The number of ether oxygens (including phenoxy) is 1. The van der Waals surface area contributed by atoms with Crippen LogP contribution in [0.1, 0.15) is 6.42 Å². The molecule has 0 spiro atoms. The summed E-state index contributed by atoms with van der Waals surface area (Å²) < 4.78 is 4.80. The van der Waals surface area contributed by atoms with Gasteiger partial charge in [0.15, 0.2) is 0 Å². The van der Waals surface area contributed by atoms with Gasteiger partial charge in [0.2, 0.25) is 0 Å². The summed E-state index contributed by atoms with van der Waals surface area (Å²) in [5.74, 6) is 0.784. The summed E-state index contributed by atoms with van der Waals surface area (Å²) in [4.78, 5) is 18.3. The Morgan fingerprint density at radius 1 is 1.32 bits per heavy atom. The van der Waals surface area contributed by atoms with Crippen LogP contribution >= 0.6 is 0 Å². The van der Waals surface area contributed by atoms with Crippen molar-refractivity contribution in [3.63, 3.8) is 0 Å². The number of hydrogen-bond donors (Lipinski definition) is 0. The molecule has 2 heterocycles. The van der Waals surface area contributed by atoms with Crippen molar-refractivity contribution in [1.82, 2.24) is 4.98 Å². The molecule has 1 aromatic carbocycles. The van der Waals surface area contributed by atoms with E-state index in [2.05, 4.69) is 16.0 Å². The highest BCUT2D eigenvalue weighted by Gasteiger charge is 2.29. The Morgan fingerprint density at radius 3 is 3.00 bits per heavy atom. The number of esters is 1. The van der Waals surface area contributed by atoms with Gasteiger partial charge in [-0.25, -0.2) is 4.98 Å². The van der Waals surface area contributed by atoms with Crippen molar-refractivity contribution in [3.05, 3.63) is 36.4 Å². The van der Waals surface area contributed by atoms with Gasteiger partial charge in [-0.1, -0.05) is 18.2 Å². The molecule has 2 aromatic rings. The third-order valence-corrected chi connectivity index (χ3v) is 3.63. The van der Waals surface area contributed by atoms with E-state index in [-0.39, 0.29) is 11.9 Å². The number of pyridine rings is 1. The molecular weight excluding hydrogens is 240 g/mol. The Balaban J connectivity index is 1.83. The number of para-hydroxylation sites is 1. The van der Waals surface area contributed by atoms with Crippen molar-refractivity contribution in [3.8, 4) is 0 Å². The largest absolute Gasteiger partial charge is 0.469 e. The average molecular weight is 256 g/mol. The zero-order chi connectivity index (χ0) is 13.2. The minimum Gasteiger partial charge on any atom is -0.469 e. The molecule has 1 fully saturated rings. The highest BCUT2D eigenvalue weighted by Crippen LogP contribution is 2.24. The number of anilines is 1. The minimum atomic E-state index is -0.122. The quantitative estimate of drug-likeness (QED) is 0.773. The molecule has 4 nitrogen and oxygen atoms in total. The molecule has 4 heteroatoms. The van der Waals surface area contributed by atoms with Crippen LogP contribution in [0.15, 0.2) is 36.4 Å². The molecule has 19 heavy (non-hydrogen) atoms. The molecule has 1 aliphatic heterocycles. The average Bonchev–Trinajstić information content (AvgIpc) is 2.95. The SMILES string of the molecule is COC(=O)C1CCN(c2ccc3ccccc3n2)C1. The van der Waals surface area contributed by atoms with Gasteiger partial charge in [0, 0.05) is 18.5 Å². The van der Waals surface area contributed by atoms with E-state index in [1.807, 2.05) is 30.3 Å². The number of nitrogens with zero attached hydrogens (tertiary/aromatic N) is 2. The number of methoxy groups -OCH3 is 1. The van der Waals surface area contributed by atoms with Crippen LogP contribution in [0.4, 0.5) is 5.82 Å². The first-order valence-electron chi connectivity index (χ1n) is 6.46. The van der Waals surface area contributed by atoms with E-state index in [1.54, 1.807) is 0 Å².